The van der Waals surface area contributed by atoms with Crippen LogP contribution in [0.15, 0.2) is 167 Å². The third-order valence-electron chi connectivity index (χ3n) is 10.9. The summed E-state index contributed by atoms with van der Waals surface area (Å²) in [6, 6.07) is 57.3. The van der Waals surface area contributed by atoms with Gasteiger partial charge in [-0.3, -0.25) is 0 Å². The minimum atomic E-state index is 0.919. The average Bonchev–Trinajstić information content (AvgIpc) is 3.75. The molecule has 50 heavy (non-hydrogen) atoms. The van der Waals surface area contributed by atoms with Gasteiger partial charge in [0.2, 0.25) is 0 Å². The highest BCUT2D eigenvalue weighted by molar-refractivity contribution is 6.25. The van der Waals surface area contributed by atoms with E-state index in [4.69, 9.17) is 8.83 Å². The minimum absolute atomic E-state index is 0.919. The first-order valence-electron chi connectivity index (χ1n) is 17.1. The molecule has 2 heterocycles. The van der Waals surface area contributed by atoms with Crippen LogP contribution in [0.3, 0.4) is 0 Å². The Labute approximate surface area is 285 Å². The summed E-state index contributed by atoms with van der Waals surface area (Å²) in [6.45, 7) is 0. The summed E-state index contributed by atoms with van der Waals surface area (Å²) >= 11 is 0. The minimum Gasteiger partial charge on any atom is -0.456 e. The second kappa shape index (κ2) is 9.49. The number of rotatable bonds is 2. The summed E-state index contributed by atoms with van der Waals surface area (Å²) in [6.07, 6.45) is 0. The summed E-state index contributed by atoms with van der Waals surface area (Å²) in [5.41, 5.74) is 8.49. The number of hydrogen-bond acceptors (Lipinski definition) is 2. The summed E-state index contributed by atoms with van der Waals surface area (Å²) < 4.78 is 12.6. The van der Waals surface area contributed by atoms with Crippen molar-refractivity contribution in [3.05, 3.63) is 158 Å². The van der Waals surface area contributed by atoms with Gasteiger partial charge in [-0.1, -0.05) is 97.1 Å². The van der Waals surface area contributed by atoms with Crippen molar-refractivity contribution in [2.75, 3.05) is 0 Å². The van der Waals surface area contributed by atoms with Gasteiger partial charge in [0.05, 0.1) is 0 Å². The first-order chi connectivity index (χ1) is 24.7. The monoisotopic (exact) mass is 634 g/mol. The van der Waals surface area contributed by atoms with Gasteiger partial charge in [0.1, 0.15) is 22.3 Å². The molecule has 0 aliphatic heterocycles. The number of benzene rings is 10. The fourth-order valence-corrected chi connectivity index (χ4v) is 8.62. The van der Waals surface area contributed by atoms with Gasteiger partial charge < -0.3 is 8.83 Å². The van der Waals surface area contributed by atoms with E-state index in [-0.39, 0.29) is 0 Å². The molecule has 0 radical (unpaired) electrons. The maximum Gasteiger partial charge on any atom is 0.136 e. The van der Waals surface area contributed by atoms with Crippen molar-refractivity contribution in [2.45, 2.75) is 0 Å². The highest BCUT2D eigenvalue weighted by Crippen LogP contribution is 2.43. The molecule has 0 fully saturated rings. The number of furan rings is 2. The zero-order chi connectivity index (χ0) is 32.5. The van der Waals surface area contributed by atoms with Gasteiger partial charge >= 0.3 is 0 Å². The first kappa shape index (κ1) is 26.3. The van der Waals surface area contributed by atoms with Crippen LogP contribution < -0.4 is 0 Å². The molecule has 2 aromatic heterocycles. The predicted molar refractivity (Wildman–Crippen MR) is 211 cm³/mol. The maximum atomic E-state index is 6.30. The molecule has 0 unspecified atom stereocenters. The molecule has 0 amide bonds. The van der Waals surface area contributed by atoms with E-state index in [1.54, 1.807) is 0 Å². The van der Waals surface area contributed by atoms with E-state index in [2.05, 4.69) is 158 Å². The molecule has 2 heteroatoms. The zero-order valence-corrected chi connectivity index (χ0v) is 26.8. The molecule has 0 bridgehead atoms. The smallest absolute Gasteiger partial charge is 0.136 e. The molecule has 0 aliphatic carbocycles. The van der Waals surface area contributed by atoms with Crippen molar-refractivity contribution in [2.24, 2.45) is 0 Å². The Bertz CT molecular complexity index is 3080. The van der Waals surface area contributed by atoms with Crippen LogP contribution in [0.1, 0.15) is 0 Å². The Kier molecular flexibility index (Phi) is 5.00. The van der Waals surface area contributed by atoms with Gasteiger partial charge in [-0.05, 0) is 137 Å². The van der Waals surface area contributed by atoms with E-state index in [0.29, 0.717) is 0 Å². The van der Waals surface area contributed by atoms with Crippen molar-refractivity contribution < 1.29 is 8.83 Å². The van der Waals surface area contributed by atoms with Crippen LogP contribution in [0.4, 0.5) is 0 Å². The van der Waals surface area contributed by atoms with Crippen molar-refractivity contribution >= 4 is 97.7 Å². The fourth-order valence-electron chi connectivity index (χ4n) is 8.62. The molecule has 0 N–H and O–H groups in total. The van der Waals surface area contributed by atoms with Crippen LogP contribution in [-0.4, -0.2) is 0 Å². The molecule has 0 saturated heterocycles. The van der Waals surface area contributed by atoms with Crippen molar-refractivity contribution in [3.8, 4) is 22.3 Å². The van der Waals surface area contributed by atoms with Crippen LogP contribution in [0.5, 0.6) is 0 Å². The van der Waals surface area contributed by atoms with Crippen LogP contribution in [0.2, 0.25) is 0 Å². The Balaban J connectivity index is 1.01. The SMILES string of the molecule is c1ccc2c(c1)ccc1oc3ccc(-c4cc5ccc6cc(-c7ccc8oc9ccc%10ccccc%10c9c8c7)cc7ccc(c4)c5c67)cc3c12. The molecular weight excluding hydrogens is 609 g/mol. The summed E-state index contributed by atoms with van der Waals surface area (Å²) in [5, 5.41) is 17.2. The van der Waals surface area contributed by atoms with Crippen LogP contribution in [-0.2, 0) is 0 Å². The van der Waals surface area contributed by atoms with Crippen molar-refractivity contribution in [1.29, 1.82) is 0 Å². The van der Waals surface area contributed by atoms with Crippen LogP contribution in [0, 0.1) is 0 Å². The summed E-state index contributed by atoms with van der Waals surface area (Å²) in [7, 11) is 0. The van der Waals surface area contributed by atoms with E-state index >= 15 is 0 Å². The van der Waals surface area contributed by atoms with Crippen molar-refractivity contribution in [1.82, 2.24) is 0 Å². The number of fused-ring (bicyclic) bond motifs is 10. The average molecular weight is 635 g/mol. The highest BCUT2D eigenvalue weighted by atomic mass is 16.3. The number of hydrogen-bond donors (Lipinski definition) is 0. The van der Waals surface area contributed by atoms with E-state index in [1.165, 1.54) is 86.9 Å². The van der Waals surface area contributed by atoms with E-state index < -0.39 is 0 Å². The molecule has 0 saturated carbocycles. The summed E-state index contributed by atoms with van der Waals surface area (Å²) in [4.78, 5) is 0. The molecule has 12 aromatic rings. The fraction of sp³-hybridized carbons (Fsp3) is 0. The van der Waals surface area contributed by atoms with E-state index in [0.717, 1.165) is 33.1 Å². The lowest BCUT2D eigenvalue weighted by Gasteiger charge is -2.14. The van der Waals surface area contributed by atoms with Gasteiger partial charge in [0, 0.05) is 21.5 Å². The van der Waals surface area contributed by atoms with Gasteiger partial charge in [-0.2, -0.15) is 0 Å². The third-order valence-corrected chi connectivity index (χ3v) is 10.9. The molecule has 230 valence electrons. The Hall–Kier alpha value is -6.64. The maximum absolute atomic E-state index is 6.30. The highest BCUT2D eigenvalue weighted by Gasteiger charge is 2.16. The van der Waals surface area contributed by atoms with Crippen LogP contribution >= 0.6 is 0 Å². The standard InChI is InChI=1S/C48H26O2/c1-3-7-37-27(5-1)13-19-43-47(37)39-25-29(15-17-41(39)49-43)35-21-31-9-11-33-23-36(24-34-12-10-32(22-35)45(31)46(33)34)30-16-18-42-40(26-30)48-38-8-4-2-6-28(38)14-20-44(48)50-42/h1-26H. The molecule has 0 aliphatic rings. The predicted octanol–water partition coefficient (Wildman–Crippen LogP) is 14.0. The Morgan fingerprint density at radius 1 is 0.240 bits per heavy atom. The summed E-state index contributed by atoms with van der Waals surface area (Å²) in [5.74, 6) is 0. The Morgan fingerprint density at radius 2 is 0.620 bits per heavy atom. The lowest BCUT2D eigenvalue weighted by Crippen LogP contribution is -1.88. The van der Waals surface area contributed by atoms with Gasteiger partial charge in [-0.15, -0.1) is 0 Å². The third kappa shape index (κ3) is 3.57. The molecule has 12 rings (SSSR count). The van der Waals surface area contributed by atoms with Crippen molar-refractivity contribution in [3.63, 3.8) is 0 Å². The van der Waals surface area contributed by atoms with Crippen LogP contribution in [0.25, 0.3) is 120 Å². The zero-order valence-electron chi connectivity index (χ0n) is 26.8. The molecule has 10 aromatic carbocycles. The van der Waals surface area contributed by atoms with Gasteiger partial charge in [0.15, 0.2) is 0 Å². The second-order valence-corrected chi connectivity index (χ2v) is 13.7. The second-order valence-electron chi connectivity index (χ2n) is 13.7. The molecule has 0 atom stereocenters. The van der Waals surface area contributed by atoms with E-state index in [1.807, 2.05) is 0 Å². The first-order valence-corrected chi connectivity index (χ1v) is 17.1. The lowest BCUT2D eigenvalue weighted by molar-refractivity contribution is 0.669. The molecule has 2 nitrogen and oxygen atoms in total. The largest absolute Gasteiger partial charge is 0.456 e. The molecular formula is C48H26O2. The lowest BCUT2D eigenvalue weighted by atomic mass is 9.89. The topological polar surface area (TPSA) is 26.3 Å². The quantitative estimate of drug-likeness (QED) is 0.177. The van der Waals surface area contributed by atoms with E-state index in [9.17, 15) is 0 Å². The Morgan fingerprint density at radius 3 is 1.06 bits per heavy atom. The van der Waals surface area contributed by atoms with Gasteiger partial charge in [-0.25, -0.2) is 0 Å². The molecule has 0 spiro atoms. The normalized spacial score (nSPS) is 12.4. The van der Waals surface area contributed by atoms with Gasteiger partial charge in [0.25, 0.3) is 0 Å².